The summed E-state index contributed by atoms with van der Waals surface area (Å²) in [6.45, 7) is 0.679. The Morgan fingerprint density at radius 1 is 1.00 bits per heavy atom. The molecule has 0 spiro atoms. The zero-order valence-electron chi connectivity index (χ0n) is 10.7. The van der Waals surface area contributed by atoms with Gasteiger partial charge in [0.25, 0.3) is 0 Å². The van der Waals surface area contributed by atoms with Crippen LogP contribution in [0.2, 0.25) is 5.02 Å². The Morgan fingerprint density at radius 3 is 2.37 bits per heavy atom. The summed E-state index contributed by atoms with van der Waals surface area (Å²) >= 11 is 6.26. The van der Waals surface area contributed by atoms with Gasteiger partial charge in [0.2, 0.25) is 0 Å². The molecule has 0 aliphatic heterocycles. The molecule has 19 heavy (non-hydrogen) atoms. The third-order valence-electron chi connectivity index (χ3n) is 3.07. The maximum absolute atomic E-state index is 9.00. The maximum Gasteiger partial charge on any atom is 0.0556 e. The summed E-state index contributed by atoms with van der Waals surface area (Å²) in [7, 11) is 0. The van der Waals surface area contributed by atoms with Crippen LogP contribution >= 0.6 is 11.6 Å². The first-order chi connectivity index (χ1) is 9.31. The van der Waals surface area contributed by atoms with Crippen molar-refractivity contribution in [1.29, 1.82) is 0 Å². The van der Waals surface area contributed by atoms with Crippen molar-refractivity contribution in [3.63, 3.8) is 0 Å². The Labute approximate surface area is 119 Å². The Bertz CT molecular complexity index is 501. The highest BCUT2D eigenvalue weighted by Gasteiger charge is 2.14. The number of nitrogens with one attached hydrogen (secondary N) is 1. The summed E-state index contributed by atoms with van der Waals surface area (Å²) in [5, 5.41) is 13.1. The largest absolute Gasteiger partial charge is 0.395 e. The fourth-order valence-corrected chi connectivity index (χ4v) is 2.41. The van der Waals surface area contributed by atoms with Gasteiger partial charge >= 0.3 is 0 Å². The van der Waals surface area contributed by atoms with Crippen LogP contribution in [0.3, 0.4) is 0 Å². The van der Waals surface area contributed by atoms with Crippen molar-refractivity contribution < 1.29 is 5.11 Å². The fourth-order valence-electron chi connectivity index (χ4n) is 2.14. The molecule has 0 saturated carbocycles. The summed E-state index contributed by atoms with van der Waals surface area (Å²) in [5.74, 6) is 0. The second kappa shape index (κ2) is 7.29. The quantitative estimate of drug-likeness (QED) is 0.848. The van der Waals surface area contributed by atoms with Crippen LogP contribution in [0.15, 0.2) is 54.6 Å². The molecule has 2 N–H and O–H groups in total. The highest BCUT2D eigenvalue weighted by molar-refractivity contribution is 6.31. The van der Waals surface area contributed by atoms with Gasteiger partial charge in [-0.3, -0.25) is 0 Å². The number of hydrogen-bond acceptors (Lipinski definition) is 2. The number of benzene rings is 2. The zero-order chi connectivity index (χ0) is 13.5. The number of rotatable bonds is 6. The molecule has 0 bridgehead atoms. The molecular weight excluding hydrogens is 258 g/mol. The van der Waals surface area contributed by atoms with Crippen molar-refractivity contribution in [2.24, 2.45) is 0 Å². The Morgan fingerprint density at radius 2 is 1.68 bits per heavy atom. The topological polar surface area (TPSA) is 32.3 Å². The van der Waals surface area contributed by atoms with Crippen LogP contribution in [-0.4, -0.2) is 18.3 Å². The van der Waals surface area contributed by atoms with Crippen molar-refractivity contribution >= 4 is 11.6 Å². The third-order valence-corrected chi connectivity index (χ3v) is 3.41. The van der Waals surface area contributed by atoms with E-state index in [-0.39, 0.29) is 12.6 Å². The first kappa shape index (κ1) is 14.1. The number of aliphatic hydroxyl groups excluding tert-OH is 1. The van der Waals surface area contributed by atoms with Crippen molar-refractivity contribution in [3.8, 4) is 0 Å². The first-order valence-electron chi connectivity index (χ1n) is 6.44. The molecule has 3 heteroatoms. The Hall–Kier alpha value is -1.35. The summed E-state index contributed by atoms with van der Waals surface area (Å²) in [6, 6.07) is 18.2. The molecule has 1 atom stereocenters. The van der Waals surface area contributed by atoms with Crippen molar-refractivity contribution in [3.05, 3.63) is 70.7 Å². The minimum atomic E-state index is 0.114. The minimum Gasteiger partial charge on any atom is -0.395 e. The standard InChI is InChI=1S/C16H18ClNO/c17-15-9-5-4-8-14(15)16(18-10-11-19)12-13-6-2-1-3-7-13/h1-9,16,18-19H,10-12H2/t16-/m1/s1. The number of hydrogen-bond donors (Lipinski definition) is 2. The van der Waals surface area contributed by atoms with E-state index in [0.717, 1.165) is 17.0 Å². The Balaban J connectivity index is 2.19. The fraction of sp³-hybridized carbons (Fsp3) is 0.250. The van der Waals surface area contributed by atoms with Crippen LogP contribution in [0.1, 0.15) is 17.2 Å². The molecule has 0 radical (unpaired) electrons. The predicted octanol–water partition coefficient (Wildman–Crippen LogP) is 3.21. The van der Waals surface area contributed by atoms with E-state index in [4.69, 9.17) is 16.7 Å². The lowest BCUT2D eigenvalue weighted by Gasteiger charge is -2.20. The minimum absolute atomic E-state index is 0.114. The highest BCUT2D eigenvalue weighted by Crippen LogP contribution is 2.25. The molecule has 0 fully saturated rings. The van der Waals surface area contributed by atoms with Gasteiger partial charge in [-0.1, -0.05) is 60.1 Å². The van der Waals surface area contributed by atoms with Crippen LogP contribution in [0.5, 0.6) is 0 Å². The smallest absolute Gasteiger partial charge is 0.0556 e. The predicted molar refractivity (Wildman–Crippen MR) is 79.4 cm³/mol. The van der Waals surface area contributed by atoms with Crippen molar-refractivity contribution in [1.82, 2.24) is 5.32 Å². The van der Waals surface area contributed by atoms with Crippen LogP contribution in [0.4, 0.5) is 0 Å². The van der Waals surface area contributed by atoms with E-state index in [1.54, 1.807) is 0 Å². The van der Waals surface area contributed by atoms with Crippen LogP contribution in [0.25, 0.3) is 0 Å². The summed E-state index contributed by atoms with van der Waals surface area (Å²) in [6.07, 6.45) is 0.852. The normalized spacial score (nSPS) is 12.3. The molecule has 0 aromatic heterocycles. The van der Waals surface area contributed by atoms with Gasteiger partial charge < -0.3 is 10.4 Å². The van der Waals surface area contributed by atoms with E-state index in [2.05, 4.69) is 17.4 Å². The molecule has 0 aliphatic rings. The molecular formula is C16H18ClNO. The van der Waals surface area contributed by atoms with Gasteiger partial charge in [0.15, 0.2) is 0 Å². The third kappa shape index (κ3) is 4.06. The van der Waals surface area contributed by atoms with Gasteiger partial charge in [-0.15, -0.1) is 0 Å². The molecule has 2 nitrogen and oxygen atoms in total. The molecule has 2 aromatic carbocycles. The van der Waals surface area contributed by atoms with Gasteiger partial charge in [0.1, 0.15) is 0 Å². The molecule has 0 unspecified atom stereocenters. The van der Waals surface area contributed by atoms with Gasteiger partial charge in [0, 0.05) is 17.6 Å². The molecule has 0 heterocycles. The van der Waals surface area contributed by atoms with Gasteiger partial charge in [-0.25, -0.2) is 0 Å². The van der Waals surface area contributed by atoms with Crippen LogP contribution in [0, 0.1) is 0 Å². The number of aliphatic hydroxyl groups is 1. The zero-order valence-corrected chi connectivity index (χ0v) is 11.5. The van der Waals surface area contributed by atoms with Gasteiger partial charge in [0.05, 0.1) is 6.61 Å². The van der Waals surface area contributed by atoms with E-state index in [0.29, 0.717) is 6.54 Å². The van der Waals surface area contributed by atoms with E-state index < -0.39 is 0 Å². The molecule has 0 saturated heterocycles. The van der Waals surface area contributed by atoms with Gasteiger partial charge in [-0.05, 0) is 23.6 Å². The average Bonchev–Trinajstić information content (AvgIpc) is 2.45. The molecule has 0 amide bonds. The van der Waals surface area contributed by atoms with Crippen LogP contribution < -0.4 is 5.32 Å². The van der Waals surface area contributed by atoms with E-state index in [1.807, 2.05) is 42.5 Å². The van der Waals surface area contributed by atoms with E-state index >= 15 is 0 Å². The second-order valence-corrected chi connectivity index (χ2v) is 4.85. The van der Waals surface area contributed by atoms with Gasteiger partial charge in [-0.2, -0.15) is 0 Å². The van der Waals surface area contributed by atoms with E-state index in [9.17, 15) is 0 Å². The molecule has 2 aromatic rings. The average molecular weight is 276 g/mol. The maximum atomic E-state index is 9.00. The summed E-state index contributed by atoms with van der Waals surface area (Å²) in [5.41, 5.74) is 2.32. The SMILES string of the molecule is OCCN[C@H](Cc1ccccc1)c1ccccc1Cl. The summed E-state index contributed by atoms with van der Waals surface area (Å²) < 4.78 is 0. The highest BCUT2D eigenvalue weighted by atomic mass is 35.5. The van der Waals surface area contributed by atoms with Crippen molar-refractivity contribution in [2.45, 2.75) is 12.5 Å². The molecule has 100 valence electrons. The molecule has 0 aliphatic carbocycles. The molecule has 2 rings (SSSR count). The summed E-state index contributed by atoms with van der Waals surface area (Å²) in [4.78, 5) is 0. The second-order valence-electron chi connectivity index (χ2n) is 4.44. The monoisotopic (exact) mass is 275 g/mol. The lowest BCUT2D eigenvalue weighted by Crippen LogP contribution is -2.26. The number of halogens is 1. The lowest BCUT2D eigenvalue weighted by atomic mass is 9.99. The lowest BCUT2D eigenvalue weighted by molar-refractivity contribution is 0.284. The van der Waals surface area contributed by atoms with E-state index in [1.165, 1.54) is 5.56 Å². The first-order valence-corrected chi connectivity index (χ1v) is 6.81. The Kier molecular flexibility index (Phi) is 5.40. The van der Waals surface area contributed by atoms with Crippen molar-refractivity contribution in [2.75, 3.05) is 13.2 Å². The van der Waals surface area contributed by atoms with Crippen LogP contribution in [-0.2, 0) is 6.42 Å².